The largest absolute Gasteiger partial charge is 0.310 e. The highest BCUT2D eigenvalue weighted by Crippen LogP contribution is 2.22. The average molecular weight is 196 g/mol. The van der Waals surface area contributed by atoms with Crippen molar-refractivity contribution in [3.05, 3.63) is 34.3 Å². The summed E-state index contributed by atoms with van der Waals surface area (Å²) in [5.41, 5.74) is 2.49. The quantitative estimate of drug-likeness (QED) is 0.782. The third kappa shape index (κ3) is 2.45. The minimum absolute atomic E-state index is 0.747. The van der Waals surface area contributed by atoms with E-state index in [2.05, 4.69) is 18.3 Å². The molecule has 0 bridgehead atoms. The molecule has 1 N–H and O–H groups in total. The van der Waals surface area contributed by atoms with E-state index in [-0.39, 0.29) is 0 Å². The third-order valence-corrected chi connectivity index (χ3v) is 2.73. The molecule has 0 radical (unpaired) electrons. The number of hydrogen-bond acceptors (Lipinski definition) is 1. The maximum atomic E-state index is 6.06. The van der Waals surface area contributed by atoms with Gasteiger partial charge in [0, 0.05) is 17.6 Å². The van der Waals surface area contributed by atoms with Crippen molar-refractivity contribution >= 4 is 11.6 Å². The number of hydrogen-bond donors (Lipinski definition) is 1. The standard InChI is InChI=1S/C11H14ClN/c1-8-2-5-11(12)9(6-8)7-13-10-3-4-10/h2,5-6,10,13H,3-4,7H2,1H3. The first kappa shape index (κ1) is 9.04. The van der Waals surface area contributed by atoms with Gasteiger partial charge in [-0.2, -0.15) is 0 Å². The topological polar surface area (TPSA) is 12.0 Å². The molecule has 1 fully saturated rings. The molecule has 0 heterocycles. The molecule has 2 rings (SSSR count). The van der Waals surface area contributed by atoms with E-state index in [4.69, 9.17) is 11.6 Å². The van der Waals surface area contributed by atoms with Gasteiger partial charge in [-0.15, -0.1) is 0 Å². The second kappa shape index (κ2) is 3.69. The van der Waals surface area contributed by atoms with E-state index in [1.807, 2.05) is 12.1 Å². The molecule has 1 nitrogen and oxygen atoms in total. The van der Waals surface area contributed by atoms with Crippen LogP contribution in [0.25, 0.3) is 0 Å². The van der Waals surface area contributed by atoms with Gasteiger partial charge in [-0.3, -0.25) is 0 Å². The van der Waals surface area contributed by atoms with Crippen molar-refractivity contribution in [2.45, 2.75) is 32.4 Å². The average Bonchev–Trinajstić information content (AvgIpc) is 2.90. The highest BCUT2D eigenvalue weighted by Gasteiger charge is 2.20. The van der Waals surface area contributed by atoms with Crippen LogP contribution in [0.3, 0.4) is 0 Å². The Labute approximate surface area is 84.1 Å². The van der Waals surface area contributed by atoms with E-state index in [0.29, 0.717) is 0 Å². The molecule has 1 aromatic rings. The highest BCUT2D eigenvalue weighted by molar-refractivity contribution is 6.31. The molecule has 70 valence electrons. The van der Waals surface area contributed by atoms with Crippen LogP contribution in [0.5, 0.6) is 0 Å². The number of halogens is 1. The van der Waals surface area contributed by atoms with Gasteiger partial charge in [0.1, 0.15) is 0 Å². The van der Waals surface area contributed by atoms with Crippen molar-refractivity contribution in [3.8, 4) is 0 Å². The molecule has 0 spiro atoms. The van der Waals surface area contributed by atoms with Crippen molar-refractivity contribution in [1.82, 2.24) is 5.32 Å². The summed E-state index contributed by atoms with van der Waals surface area (Å²) < 4.78 is 0. The minimum Gasteiger partial charge on any atom is -0.310 e. The lowest BCUT2D eigenvalue weighted by Crippen LogP contribution is -2.15. The molecule has 1 saturated carbocycles. The summed E-state index contributed by atoms with van der Waals surface area (Å²) in [5.74, 6) is 0. The zero-order valence-corrected chi connectivity index (χ0v) is 8.56. The zero-order valence-electron chi connectivity index (χ0n) is 7.81. The van der Waals surface area contributed by atoms with E-state index in [1.54, 1.807) is 0 Å². The first-order chi connectivity index (χ1) is 6.25. The Hall–Kier alpha value is -0.530. The zero-order chi connectivity index (χ0) is 9.26. The van der Waals surface area contributed by atoms with Crippen LogP contribution in [0.4, 0.5) is 0 Å². The molecule has 13 heavy (non-hydrogen) atoms. The number of nitrogens with one attached hydrogen (secondary N) is 1. The van der Waals surface area contributed by atoms with Gasteiger partial charge in [0.05, 0.1) is 0 Å². The van der Waals surface area contributed by atoms with Gasteiger partial charge in [-0.1, -0.05) is 29.3 Å². The molecule has 2 heteroatoms. The van der Waals surface area contributed by atoms with Crippen LogP contribution in [-0.4, -0.2) is 6.04 Å². The van der Waals surface area contributed by atoms with E-state index in [9.17, 15) is 0 Å². The second-order valence-corrected chi connectivity index (χ2v) is 4.16. The van der Waals surface area contributed by atoms with Crippen molar-refractivity contribution in [1.29, 1.82) is 0 Å². The summed E-state index contributed by atoms with van der Waals surface area (Å²) in [6, 6.07) is 6.91. The lowest BCUT2D eigenvalue weighted by atomic mass is 10.1. The SMILES string of the molecule is Cc1ccc(Cl)c(CNC2CC2)c1. The van der Waals surface area contributed by atoms with E-state index < -0.39 is 0 Å². The number of rotatable bonds is 3. The Morgan fingerprint density at radius 2 is 2.23 bits per heavy atom. The van der Waals surface area contributed by atoms with Crippen molar-refractivity contribution in [2.75, 3.05) is 0 Å². The van der Waals surface area contributed by atoms with Crippen LogP contribution in [0.15, 0.2) is 18.2 Å². The molecular weight excluding hydrogens is 182 g/mol. The molecule has 1 aliphatic rings. The maximum Gasteiger partial charge on any atom is 0.0451 e. The molecule has 0 saturated heterocycles. The van der Waals surface area contributed by atoms with Gasteiger partial charge < -0.3 is 5.32 Å². The summed E-state index contributed by atoms with van der Waals surface area (Å²) in [6.45, 7) is 3.00. The van der Waals surface area contributed by atoms with E-state index in [1.165, 1.54) is 24.0 Å². The predicted molar refractivity (Wildman–Crippen MR) is 56.1 cm³/mol. The number of benzene rings is 1. The van der Waals surface area contributed by atoms with Crippen LogP contribution in [0, 0.1) is 6.92 Å². The summed E-state index contributed by atoms with van der Waals surface area (Å²) in [4.78, 5) is 0. The molecule has 0 aromatic heterocycles. The highest BCUT2D eigenvalue weighted by atomic mass is 35.5. The Kier molecular flexibility index (Phi) is 2.56. The normalized spacial score (nSPS) is 16.2. The van der Waals surface area contributed by atoms with Gasteiger partial charge in [-0.05, 0) is 31.4 Å². The summed E-state index contributed by atoms with van der Waals surface area (Å²) in [7, 11) is 0. The second-order valence-electron chi connectivity index (χ2n) is 3.75. The lowest BCUT2D eigenvalue weighted by molar-refractivity contribution is 0.687. The fourth-order valence-electron chi connectivity index (χ4n) is 1.38. The Morgan fingerprint density at radius 3 is 2.92 bits per heavy atom. The minimum atomic E-state index is 0.747. The van der Waals surface area contributed by atoms with Gasteiger partial charge in [0.15, 0.2) is 0 Å². The third-order valence-electron chi connectivity index (χ3n) is 2.36. The van der Waals surface area contributed by atoms with Crippen molar-refractivity contribution in [3.63, 3.8) is 0 Å². The first-order valence-electron chi connectivity index (χ1n) is 4.74. The van der Waals surface area contributed by atoms with Crippen LogP contribution >= 0.6 is 11.6 Å². The molecule has 1 aromatic carbocycles. The lowest BCUT2D eigenvalue weighted by Gasteiger charge is -2.06. The summed E-state index contributed by atoms with van der Waals surface area (Å²) >= 11 is 6.06. The van der Waals surface area contributed by atoms with E-state index >= 15 is 0 Å². The van der Waals surface area contributed by atoms with Crippen molar-refractivity contribution in [2.24, 2.45) is 0 Å². The first-order valence-corrected chi connectivity index (χ1v) is 5.12. The fourth-order valence-corrected chi connectivity index (χ4v) is 1.57. The smallest absolute Gasteiger partial charge is 0.0451 e. The van der Waals surface area contributed by atoms with E-state index in [0.717, 1.165) is 17.6 Å². The molecule has 0 atom stereocenters. The molecule has 0 unspecified atom stereocenters. The van der Waals surface area contributed by atoms with Gasteiger partial charge in [0.25, 0.3) is 0 Å². The Balaban J connectivity index is 2.03. The summed E-state index contributed by atoms with van der Waals surface area (Å²) in [5, 5.41) is 4.33. The predicted octanol–water partition coefficient (Wildman–Crippen LogP) is 2.90. The Bertz CT molecular complexity index is 305. The van der Waals surface area contributed by atoms with Gasteiger partial charge in [-0.25, -0.2) is 0 Å². The van der Waals surface area contributed by atoms with Gasteiger partial charge >= 0.3 is 0 Å². The molecular formula is C11H14ClN. The molecule has 1 aliphatic carbocycles. The summed E-state index contributed by atoms with van der Waals surface area (Å²) in [6.07, 6.45) is 2.65. The van der Waals surface area contributed by atoms with Crippen LogP contribution in [0.2, 0.25) is 5.02 Å². The van der Waals surface area contributed by atoms with Crippen molar-refractivity contribution < 1.29 is 0 Å². The number of aryl methyl sites for hydroxylation is 1. The monoisotopic (exact) mass is 195 g/mol. The van der Waals surface area contributed by atoms with Crippen LogP contribution in [0.1, 0.15) is 24.0 Å². The van der Waals surface area contributed by atoms with Crippen LogP contribution in [-0.2, 0) is 6.54 Å². The van der Waals surface area contributed by atoms with Gasteiger partial charge in [0.2, 0.25) is 0 Å². The fraction of sp³-hybridized carbons (Fsp3) is 0.455. The molecule has 0 aliphatic heterocycles. The maximum absolute atomic E-state index is 6.06. The molecule has 0 amide bonds. The Morgan fingerprint density at radius 1 is 1.46 bits per heavy atom. The van der Waals surface area contributed by atoms with Crippen LogP contribution < -0.4 is 5.32 Å².